The molecule has 1 aromatic heterocycles. The molecular weight excluding hydrogens is 380 g/mol. The van der Waals surface area contributed by atoms with Crippen LogP contribution in [0.15, 0.2) is 21.3 Å². The fourth-order valence-corrected chi connectivity index (χ4v) is 5.83. The van der Waals surface area contributed by atoms with Gasteiger partial charge >= 0.3 is 5.63 Å². The Balaban J connectivity index is 1.41. The molecule has 160 valence electrons. The van der Waals surface area contributed by atoms with Crippen molar-refractivity contribution in [2.75, 3.05) is 0 Å². The van der Waals surface area contributed by atoms with Crippen molar-refractivity contribution in [2.45, 2.75) is 89.4 Å². The topological polar surface area (TPSA) is 85.8 Å². The van der Waals surface area contributed by atoms with E-state index in [0.717, 1.165) is 73.4 Å². The monoisotopic (exact) mass is 410 g/mol. The van der Waals surface area contributed by atoms with Gasteiger partial charge in [0.15, 0.2) is 6.10 Å². The Labute approximate surface area is 176 Å². The van der Waals surface area contributed by atoms with Gasteiger partial charge in [0.2, 0.25) is 0 Å². The quantitative estimate of drug-likeness (QED) is 0.785. The summed E-state index contributed by atoms with van der Waals surface area (Å²) in [7, 11) is 0. The fourth-order valence-electron chi connectivity index (χ4n) is 5.83. The highest BCUT2D eigenvalue weighted by molar-refractivity contribution is 5.87. The minimum Gasteiger partial charge on any atom is -0.480 e. The lowest BCUT2D eigenvalue weighted by molar-refractivity contribution is -0.148. The third-order valence-corrected chi connectivity index (χ3v) is 7.26. The normalized spacial score (nSPS) is 26.5. The van der Waals surface area contributed by atoms with Gasteiger partial charge in [0.05, 0.1) is 0 Å². The highest BCUT2D eigenvalue weighted by Crippen LogP contribution is 2.36. The van der Waals surface area contributed by atoms with Crippen LogP contribution >= 0.6 is 0 Å². The SMILES string of the molecule is Cc1c(OC(C)C(=O)N2[C@@H]3CCC[C@H]2CC(N)C3)ccc2c3c(c(=O)oc12)CCC3. The van der Waals surface area contributed by atoms with Crippen LogP contribution in [0.4, 0.5) is 0 Å². The molecular formula is C24H30N2O4. The fraction of sp³-hybridized carbons (Fsp3) is 0.583. The van der Waals surface area contributed by atoms with Crippen LogP contribution in [0.25, 0.3) is 11.0 Å². The lowest BCUT2D eigenvalue weighted by atomic mass is 9.82. The maximum atomic E-state index is 13.3. The summed E-state index contributed by atoms with van der Waals surface area (Å²) in [4.78, 5) is 27.7. The van der Waals surface area contributed by atoms with Gasteiger partial charge in [-0.15, -0.1) is 0 Å². The molecule has 3 aliphatic rings. The number of nitrogens with zero attached hydrogens (tertiary/aromatic N) is 1. The number of carbonyl (C=O) groups is 1. The minimum absolute atomic E-state index is 0.0338. The largest absolute Gasteiger partial charge is 0.480 e. The van der Waals surface area contributed by atoms with Crippen molar-refractivity contribution < 1.29 is 13.9 Å². The summed E-state index contributed by atoms with van der Waals surface area (Å²) in [5.74, 6) is 0.634. The number of hydrogen-bond acceptors (Lipinski definition) is 5. The third kappa shape index (κ3) is 3.13. The van der Waals surface area contributed by atoms with Crippen molar-refractivity contribution in [1.29, 1.82) is 0 Å². The van der Waals surface area contributed by atoms with Gasteiger partial charge in [-0.1, -0.05) is 0 Å². The van der Waals surface area contributed by atoms with Crippen molar-refractivity contribution in [3.8, 4) is 5.75 Å². The lowest BCUT2D eigenvalue weighted by Gasteiger charge is -2.48. The first-order valence-corrected chi connectivity index (χ1v) is 11.3. The molecule has 6 nitrogen and oxygen atoms in total. The van der Waals surface area contributed by atoms with Gasteiger partial charge in [-0.05, 0) is 82.9 Å². The molecule has 30 heavy (non-hydrogen) atoms. The molecule has 2 aromatic rings. The predicted octanol–water partition coefficient (Wildman–Crippen LogP) is 3.23. The van der Waals surface area contributed by atoms with Crippen molar-refractivity contribution in [3.05, 3.63) is 39.2 Å². The molecule has 2 bridgehead atoms. The number of hydrogen-bond donors (Lipinski definition) is 1. The zero-order valence-electron chi connectivity index (χ0n) is 17.8. The van der Waals surface area contributed by atoms with Gasteiger partial charge in [0.25, 0.3) is 5.91 Å². The molecule has 5 rings (SSSR count). The summed E-state index contributed by atoms with van der Waals surface area (Å²) in [6, 6.07) is 4.52. The summed E-state index contributed by atoms with van der Waals surface area (Å²) in [6.45, 7) is 3.71. The second-order valence-electron chi connectivity index (χ2n) is 9.24. The van der Waals surface area contributed by atoms with Crippen molar-refractivity contribution in [3.63, 3.8) is 0 Å². The van der Waals surface area contributed by atoms with Gasteiger partial charge in [0.1, 0.15) is 11.3 Å². The molecule has 2 fully saturated rings. The standard InChI is InChI=1S/C24H30N2O4/c1-13-21(10-9-19-18-7-4-8-20(18)24(28)30-22(13)19)29-14(2)23(27)26-16-5-3-6-17(26)12-15(25)11-16/h9-10,14-17H,3-8,11-12,25H2,1-2H3/t14?,15?,16-,17+. The second-order valence-corrected chi connectivity index (χ2v) is 9.24. The maximum Gasteiger partial charge on any atom is 0.339 e. The molecule has 3 heterocycles. The highest BCUT2D eigenvalue weighted by Gasteiger charge is 2.41. The third-order valence-electron chi connectivity index (χ3n) is 7.26. The van der Waals surface area contributed by atoms with E-state index in [1.165, 1.54) is 0 Å². The molecule has 2 aliphatic heterocycles. The zero-order valence-corrected chi connectivity index (χ0v) is 17.8. The molecule has 0 spiro atoms. The smallest absolute Gasteiger partial charge is 0.339 e. The van der Waals surface area contributed by atoms with Crippen LogP contribution in [-0.4, -0.2) is 35.0 Å². The van der Waals surface area contributed by atoms with Crippen LogP contribution in [0.2, 0.25) is 0 Å². The molecule has 2 N–H and O–H groups in total. The van der Waals surface area contributed by atoms with E-state index in [-0.39, 0.29) is 29.7 Å². The van der Waals surface area contributed by atoms with E-state index in [4.69, 9.17) is 14.9 Å². The first-order valence-electron chi connectivity index (χ1n) is 11.3. The van der Waals surface area contributed by atoms with Crippen molar-refractivity contribution >= 4 is 16.9 Å². The molecule has 2 unspecified atom stereocenters. The molecule has 2 saturated heterocycles. The number of aryl methyl sites for hydroxylation is 2. The molecule has 1 aromatic carbocycles. The van der Waals surface area contributed by atoms with Crippen LogP contribution in [0.1, 0.15) is 62.1 Å². The summed E-state index contributed by atoms with van der Waals surface area (Å²) in [5, 5.41) is 0.991. The average molecular weight is 411 g/mol. The molecule has 1 aliphatic carbocycles. The van der Waals surface area contributed by atoms with Crippen LogP contribution < -0.4 is 16.1 Å². The lowest BCUT2D eigenvalue weighted by Crippen LogP contribution is -2.59. The van der Waals surface area contributed by atoms with E-state index < -0.39 is 6.10 Å². The molecule has 0 saturated carbocycles. The number of benzene rings is 1. The van der Waals surface area contributed by atoms with Crippen LogP contribution in [0.3, 0.4) is 0 Å². The highest BCUT2D eigenvalue weighted by atomic mass is 16.5. The Morgan fingerprint density at radius 3 is 2.60 bits per heavy atom. The van der Waals surface area contributed by atoms with Crippen LogP contribution in [0.5, 0.6) is 5.75 Å². The number of rotatable bonds is 3. The number of nitrogens with two attached hydrogens (primary N) is 1. The second kappa shape index (κ2) is 7.41. The van der Waals surface area contributed by atoms with Crippen LogP contribution in [-0.2, 0) is 17.6 Å². The minimum atomic E-state index is -0.597. The molecule has 6 heteroatoms. The Bertz CT molecular complexity index is 1050. The van der Waals surface area contributed by atoms with E-state index in [2.05, 4.69) is 0 Å². The average Bonchev–Trinajstić information content (AvgIpc) is 3.20. The summed E-state index contributed by atoms with van der Waals surface area (Å²) in [5.41, 5.74) is 9.25. The molecule has 4 atom stereocenters. The number of carbonyl (C=O) groups excluding carboxylic acids is 1. The maximum absolute atomic E-state index is 13.3. The van der Waals surface area contributed by atoms with E-state index in [9.17, 15) is 9.59 Å². The summed E-state index contributed by atoms with van der Waals surface area (Å²) < 4.78 is 11.8. The Morgan fingerprint density at radius 1 is 1.17 bits per heavy atom. The Morgan fingerprint density at radius 2 is 1.87 bits per heavy atom. The van der Waals surface area contributed by atoms with E-state index in [0.29, 0.717) is 11.3 Å². The number of piperidine rings is 2. The Kier molecular flexibility index (Phi) is 4.85. The van der Waals surface area contributed by atoms with Crippen molar-refractivity contribution in [2.24, 2.45) is 5.73 Å². The number of amides is 1. The summed E-state index contributed by atoms with van der Waals surface area (Å²) in [6.07, 6.45) is 7.05. The van der Waals surface area contributed by atoms with E-state index in [1.54, 1.807) is 0 Å². The first-order chi connectivity index (χ1) is 14.4. The van der Waals surface area contributed by atoms with Gasteiger partial charge in [-0.2, -0.15) is 0 Å². The first kappa shape index (κ1) is 19.6. The number of fused-ring (bicyclic) bond motifs is 5. The van der Waals surface area contributed by atoms with E-state index in [1.807, 2.05) is 30.9 Å². The number of ether oxygens (including phenoxy) is 1. The van der Waals surface area contributed by atoms with Crippen LogP contribution in [0, 0.1) is 6.92 Å². The van der Waals surface area contributed by atoms with Gasteiger partial charge < -0.3 is 19.8 Å². The molecule has 1 amide bonds. The summed E-state index contributed by atoms with van der Waals surface area (Å²) >= 11 is 0. The van der Waals surface area contributed by atoms with Crippen molar-refractivity contribution in [1.82, 2.24) is 4.90 Å². The zero-order chi connectivity index (χ0) is 21.0. The predicted molar refractivity (Wildman–Crippen MR) is 115 cm³/mol. The Hall–Kier alpha value is -2.34. The van der Waals surface area contributed by atoms with Gasteiger partial charge in [-0.3, -0.25) is 4.79 Å². The van der Waals surface area contributed by atoms with Gasteiger partial charge in [0, 0.05) is 34.6 Å². The molecule has 0 radical (unpaired) electrons. The van der Waals surface area contributed by atoms with E-state index >= 15 is 0 Å². The van der Waals surface area contributed by atoms with Gasteiger partial charge in [-0.25, -0.2) is 4.79 Å².